The first-order valence-corrected chi connectivity index (χ1v) is 9.76. The summed E-state index contributed by atoms with van der Waals surface area (Å²) in [5.41, 5.74) is 1.41. The molecule has 0 spiro atoms. The van der Waals surface area contributed by atoms with Gasteiger partial charge >= 0.3 is 0 Å². The molecule has 0 saturated carbocycles. The van der Waals surface area contributed by atoms with E-state index in [1.807, 2.05) is 30.3 Å². The number of furan rings is 1. The molecule has 0 bridgehead atoms. The van der Waals surface area contributed by atoms with Crippen LogP contribution in [0.25, 0.3) is 11.0 Å². The number of carbonyl (C=O) groups is 1. The molecule has 1 saturated heterocycles. The molecule has 1 aliphatic heterocycles. The minimum Gasteiger partial charge on any atom is -0.467 e. The van der Waals surface area contributed by atoms with E-state index < -0.39 is 0 Å². The van der Waals surface area contributed by atoms with Crippen molar-refractivity contribution in [1.82, 2.24) is 14.9 Å². The van der Waals surface area contributed by atoms with E-state index in [9.17, 15) is 9.59 Å². The summed E-state index contributed by atoms with van der Waals surface area (Å²) < 4.78 is 6.90. The van der Waals surface area contributed by atoms with Crippen LogP contribution in [-0.4, -0.2) is 28.5 Å². The molecule has 0 unspecified atom stereocenters. The van der Waals surface area contributed by atoms with Crippen molar-refractivity contribution in [2.75, 3.05) is 18.0 Å². The average molecular weight is 380 g/mol. The Kier molecular flexibility index (Phi) is 5.41. The minimum absolute atomic E-state index is 0.122. The van der Waals surface area contributed by atoms with Gasteiger partial charge in [-0.1, -0.05) is 12.1 Å². The number of fused-ring (bicyclic) bond motifs is 1. The Morgan fingerprint density at radius 2 is 1.93 bits per heavy atom. The van der Waals surface area contributed by atoms with Crippen molar-refractivity contribution in [2.24, 2.45) is 0 Å². The molecular weight excluding hydrogens is 356 g/mol. The summed E-state index contributed by atoms with van der Waals surface area (Å²) in [7, 11) is 0. The zero-order valence-electron chi connectivity index (χ0n) is 15.8. The molecule has 0 radical (unpaired) electrons. The molecule has 3 aromatic rings. The number of para-hydroxylation sites is 2. The van der Waals surface area contributed by atoms with Gasteiger partial charge in [-0.05, 0) is 43.5 Å². The Morgan fingerprint density at radius 3 is 2.71 bits per heavy atom. The fraction of sp³-hybridized carbons (Fsp3) is 0.381. The lowest BCUT2D eigenvalue weighted by atomic mass is 10.1. The van der Waals surface area contributed by atoms with E-state index in [1.165, 1.54) is 6.42 Å². The molecule has 1 aromatic carbocycles. The third kappa shape index (κ3) is 3.93. The number of anilines is 1. The Balaban J connectivity index is 1.55. The zero-order chi connectivity index (χ0) is 19.3. The first-order chi connectivity index (χ1) is 13.7. The van der Waals surface area contributed by atoms with Gasteiger partial charge in [-0.2, -0.15) is 0 Å². The maximum absolute atomic E-state index is 13.2. The molecule has 1 N–H and O–H groups in total. The van der Waals surface area contributed by atoms with Crippen LogP contribution < -0.4 is 15.8 Å². The second-order valence-corrected chi connectivity index (χ2v) is 7.03. The first-order valence-electron chi connectivity index (χ1n) is 9.76. The molecule has 7 nitrogen and oxygen atoms in total. The van der Waals surface area contributed by atoms with Crippen LogP contribution in [0.3, 0.4) is 0 Å². The average Bonchev–Trinajstić information content (AvgIpc) is 3.25. The Bertz CT molecular complexity index is 1000. The number of aromatic nitrogens is 2. The van der Waals surface area contributed by atoms with Crippen molar-refractivity contribution < 1.29 is 9.21 Å². The van der Waals surface area contributed by atoms with Crippen molar-refractivity contribution in [3.05, 3.63) is 58.8 Å². The predicted octanol–water partition coefficient (Wildman–Crippen LogP) is 2.69. The first kappa shape index (κ1) is 18.3. The Hall–Kier alpha value is -3.09. The molecule has 2 aromatic heterocycles. The lowest BCUT2D eigenvalue weighted by Crippen LogP contribution is -2.37. The summed E-state index contributed by atoms with van der Waals surface area (Å²) in [4.78, 5) is 32.1. The highest BCUT2D eigenvalue weighted by atomic mass is 16.3. The number of carbonyl (C=O) groups excluding carboxylic acids is 1. The SMILES string of the molecule is O=C(CCn1c(=O)c(N2CCCCC2)nc2ccccc21)NCc1ccco1. The topological polar surface area (TPSA) is 80.4 Å². The van der Waals surface area contributed by atoms with Crippen LogP contribution in [0.2, 0.25) is 0 Å². The fourth-order valence-electron chi connectivity index (χ4n) is 3.61. The monoisotopic (exact) mass is 380 g/mol. The standard InChI is InChI=1S/C21H24N4O3/c26-19(22-15-16-7-6-14-28-16)10-13-25-18-9-3-2-8-17(18)23-20(21(25)27)24-11-4-1-5-12-24/h2-3,6-9,14H,1,4-5,10-13,15H2,(H,22,26). The van der Waals surface area contributed by atoms with Gasteiger partial charge in [0, 0.05) is 26.1 Å². The summed E-state index contributed by atoms with van der Waals surface area (Å²) in [6.07, 6.45) is 5.13. The molecule has 3 heterocycles. The molecule has 1 fully saturated rings. The van der Waals surface area contributed by atoms with Crippen molar-refractivity contribution >= 4 is 22.8 Å². The van der Waals surface area contributed by atoms with Crippen LogP contribution in [0.15, 0.2) is 51.9 Å². The quantitative estimate of drug-likeness (QED) is 0.711. The third-order valence-corrected chi connectivity index (χ3v) is 5.09. The molecule has 0 atom stereocenters. The van der Waals surface area contributed by atoms with Crippen LogP contribution in [0.5, 0.6) is 0 Å². The number of rotatable bonds is 6. The minimum atomic E-state index is -0.126. The highest BCUT2D eigenvalue weighted by molar-refractivity contribution is 5.78. The number of hydrogen-bond donors (Lipinski definition) is 1. The van der Waals surface area contributed by atoms with Crippen LogP contribution in [0.4, 0.5) is 5.82 Å². The van der Waals surface area contributed by atoms with Gasteiger partial charge in [0.15, 0.2) is 5.82 Å². The summed E-state index contributed by atoms with van der Waals surface area (Å²) in [6.45, 7) is 2.36. The van der Waals surface area contributed by atoms with Crippen LogP contribution in [-0.2, 0) is 17.9 Å². The van der Waals surface area contributed by atoms with Crippen LogP contribution in [0.1, 0.15) is 31.4 Å². The van der Waals surface area contributed by atoms with E-state index in [0.29, 0.717) is 24.7 Å². The van der Waals surface area contributed by atoms with Crippen molar-refractivity contribution in [2.45, 2.75) is 38.8 Å². The molecule has 146 valence electrons. The molecular formula is C21H24N4O3. The van der Waals surface area contributed by atoms with Crippen LogP contribution >= 0.6 is 0 Å². The fourth-order valence-corrected chi connectivity index (χ4v) is 3.61. The lowest BCUT2D eigenvalue weighted by molar-refractivity contribution is -0.121. The summed E-state index contributed by atoms with van der Waals surface area (Å²) in [6, 6.07) is 11.2. The van der Waals surface area contributed by atoms with E-state index in [-0.39, 0.29) is 17.9 Å². The molecule has 7 heteroatoms. The number of nitrogens with one attached hydrogen (secondary N) is 1. The third-order valence-electron chi connectivity index (χ3n) is 5.09. The van der Waals surface area contributed by atoms with E-state index in [1.54, 1.807) is 16.9 Å². The number of benzene rings is 1. The maximum Gasteiger partial charge on any atom is 0.294 e. The predicted molar refractivity (Wildman–Crippen MR) is 107 cm³/mol. The summed E-state index contributed by atoms with van der Waals surface area (Å²) in [5.74, 6) is 1.07. The molecule has 0 aliphatic carbocycles. The molecule has 4 rings (SSSR count). The maximum atomic E-state index is 13.2. The molecule has 1 aliphatic rings. The second kappa shape index (κ2) is 8.29. The van der Waals surface area contributed by atoms with Gasteiger partial charge in [-0.3, -0.25) is 9.59 Å². The zero-order valence-corrected chi connectivity index (χ0v) is 15.8. The van der Waals surface area contributed by atoms with Gasteiger partial charge in [0.05, 0.1) is 23.8 Å². The summed E-state index contributed by atoms with van der Waals surface area (Å²) >= 11 is 0. The Morgan fingerprint density at radius 1 is 1.11 bits per heavy atom. The normalized spacial score (nSPS) is 14.4. The van der Waals surface area contributed by atoms with Crippen molar-refractivity contribution in [3.8, 4) is 0 Å². The van der Waals surface area contributed by atoms with Gasteiger partial charge in [0.25, 0.3) is 5.56 Å². The Labute approximate surface area is 163 Å². The number of amides is 1. The number of nitrogens with zero attached hydrogens (tertiary/aromatic N) is 3. The van der Waals surface area contributed by atoms with E-state index in [4.69, 9.17) is 4.42 Å². The highest BCUT2D eigenvalue weighted by Gasteiger charge is 2.19. The molecule has 28 heavy (non-hydrogen) atoms. The van der Waals surface area contributed by atoms with E-state index in [0.717, 1.165) is 37.0 Å². The number of hydrogen-bond acceptors (Lipinski definition) is 5. The van der Waals surface area contributed by atoms with E-state index in [2.05, 4.69) is 15.2 Å². The number of aryl methyl sites for hydroxylation is 1. The van der Waals surface area contributed by atoms with Gasteiger partial charge in [0.1, 0.15) is 5.76 Å². The summed E-state index contributed by atoms with van der Waals surface area (Å²) in [5, 5.41) is 2.83. The van der Waals surface area contributed by atoms with Crippen molar-refractivity contribution in [3.63, 3.8) is 0 Å². The van der Waals surface area contributed by atoms with Crippen LogP contribution in [0, 0.1) is 0 Å². The number of piperidine rings is 1. The lowest BCUT2D eigenvalue weighted by Gasteiger charge is -2.27. The van der Waals surface area contributed by atoms with E-state index >= 15 is 0 Å². The molecule has 1 amide bonds. The van der Waals surface area contributed by atoms with Crippen molar-refractivity contribution in [1.29, 1.82) is 0 Å². The highest BCUT2D eigenvalue weighted by Crippen LogP contribution is 2.18. The largest absolute Gasteiger partial charge is 0.467 e. The van der Waals surface area contributed by atoms with Gasteiger partial charge in [-0.15, -0.1) is 0 Å². The second-order valence-electron chi connectivity index (χ2n) is 7.03. The van der Waals surface area contributed by atoms with Gasteiger partial charge in [0.2, 0.25) is 5.91 Å². The van der Waals surface area contributed by atoms with Gasteiger partial charge in [-0.25, -0.2) is 4.98 Å². The van der Waals surface area contributed by atoms with Gasteiger partial charge < -0.3 is 19.2 Å². The smallest absolute Gasteiger partial charge is 0.294 e.